The standard InChI is InChI=1S/C26H20Cl2N2O6S/c1-2-35-22-12-17(11-21(28)24(22)36-15-18-7-3-4-9-20(18)27)13-23-25(31)29(26(32)37-23)14-16-6-5-8-19(10-16)30(33)34/h3-13H,2,14-15H2,1H3/b23-13+. The van der Waals surface area contributed by atoms with E-state index in [2.05, 4.69) is 0 Å². The zero-order valence-corrected chi connectivity index (χ0v) is 21.8. The summed E-state index contributed by atoms with van der Waals surface area (Å²) in [6, 6.07) is 16.4. The third-order valence-electron chi connectivity index (χ3n) is 5.29. The largest absolute Gasteiger partial charge is 0.490 e. The van der Waals surface area contributed by atoms with Crippen molar-refractivity contribution in [3.63, 3.8) is 0 Å². The Morgan fingerprint density at radius 1 is 1.03 bits per heavy atom. The van der Waals surface area contributed by atoms with E-state index in [1.54, 1.807) is 30.3 Å². The normalized spacial score (nSPS) is 14.4. The molecule has 0 N–H and O–H groups in total. The van der Waals surface area contributed by atoms with Crippen LogP contribution in [-0.4, -0.2) is 27.6 Å². The number of ether oxygens (including phenoxy) is 2. The van der Waals surface area contributed by atoms with Crippen molar-refractivity contribution >= 4 is 57.9 Å². The van der Waals surface area contributed by atoms with Crippen molar-refractivity contribution in [1.29, 1.82) is 0 Å². The number of nitrogens with zero attached hydrogens (tertiary/aromatic N) is 2. The van der Waals surface area contributed by atoms with E-state index in [0.29, 0.717) is 34.3 Å². The average Bonchev–Trinajstić information content (AvgIpc) is 3.12. The van der Waals surface area contributed by atoms with Gasteiger partial charge in [0.15, 0.2) is 11.5 Å². The first-order valence-electron chi connectivity index (χ1n) is 11.1. The van der Waals surface area contributed by atoms with Gasteiger partial charge in [0.25, 0.3) is 16.8 Å². The second kappa shape index (κ2) is 11.7. The minimum atomic E-state index is -0.529. The highest BCUT2D eigenvalue weighted by atomic mass is 35.5. The Kier molecular flexibility index (Phi) is 8.38. The topological polar surface area (TPSA) is 99.0 Å². The lowest BCUT2D eigenvalue weighted by Gasteiger charge is -2.15. The second-order valence-corrected chi connectivity index (χ2v) is 9.65. The summed E-state index contributed by atoms with van der Waals surface area (Å²) in [6.45, 7) is 2.26. The van der Waals surface area contributed by atoms with Crippen LogP contribution in [0.25, 0.3) is 6.08 Å². The number of hydrogen-bond donors (Lipinski definition) is 0. The van der Waals surface area contributed by atoms with Crippen molar-refractivity contribution in [2.75, 3.05) is 6.61 Å². The van der Waals surface area contributed by atoms with Crippen LogP contribution in [-0.2, 0) is 17.9 Å². The van der Waals surface area contributed by atoms with Crippen LogP contribution in [0.2, 0.25) is 10.0 Å². The molecule has 0 unspecified atom stereocenters. The summed E-state index contributed by atoms with van der Waals surface area (Å²) < 4.78 is 11.6. The zero-order valence-electron chi connectivity index (χ0n) is 19.5. The van der Waals surface area contributed by atoms with Gasteiger partial charge in [-0.3, -0.25) is 24.6 Å². The molecule has 1 aliphatic rings. The minimum Gasteiger partial charge on any atom is -0.490 e. The lowest BCUT2D eigenvalue weighted by atomic mass is 10.1. The summed E-state index contributed by atoms with van der Waals surface area (Å²) in [7, 11) is 0. The average molecular weight is 559 g/mol. The molecule has 8 nitrogen and oxygen atoms in total. The fourth-order valence-corrected chi connectivity index (χ4v) is 4.88. The van der Waals surface area contributed by atoms with Crippen LogP contribution in [0.3, 0.4) is 0 Å². The molecule has 37 heavy (non-hydrogen) atoms. The molecule has 0 radical (unpaired) electrons. The predicted molar refractivity (Wildman–Crippen MR) is 143 cm³/mol. The van der Waals surface area contributed by atoms with Crippen LogP contribution < -0.4 is 9.47 Å². The number of amides is 2. The molecule has 0 spiro atoms. The summed E-state index contributed by atoms with van der Waals surface area (Å²) in [5.74, 6) is 0.207. The summed E-state index contributed by atoms with van der Waals surface area (Å²) in [5.41, 5.74) is 1.68. The van der Waals surface area contributed by atoms with Crippen LogP contribution in [0.4, 0.5) is 10.5 Å². The van der Waals surface area contributed by atoms with E-state index in [0.717, 1.165) is 22.2 Å². The van der Waals surface area contributed by atoms with E-state index < -0.39 is 16.1 Å². The van der Waals surface area contributed by atoms with Gasteiger partial charge >= 0.3 is 0 Å². The third kappa shape index (κ3) is 6.25. The number of non-ortho nitro benzene ring substituents is 1. The molecule has 190 valence electrons. The van der Waals surface area contributed by atoms with Gasteiger partial charge in [-0.2, -0.15) is 0 Å². The monoisotopic (exact) mass is 558 g/mol. The van der Waals surface area contributed by atoms with Crippen molar-refractivity contribution in [2.45, 2.75) is 20.1 Å². The number of nitro benzene ring substituents is 1. The molecule has 0 aliphatic carbocycles. The highest BCUT2D eigenvalue weighted by Crippen LogP contribution is 2.40. The second-order valence-electron chi connectivity index (χ2n) is 7.84. The first kappa shape index (κ1) is 26.5. The maximum atomic E-state index is 13.0. The Bertz CT molecular complexity index is 1410. The quantitative estimate of drug-likeness (QED) is 0.156. The van der Waals surface area contributed by atoms with E-state index in [-0.39, 0.29) is 28.8 Å². The molecule has 11 heteroatoms. The van der Waals surface area contributed by atoms with Gasteiger partial charge in [0, 0.05) is 22.7 Å². The van der Waals surface area contributed by atoms with Crippen LogP contribution in [0.1, 0.15) is 23.6 Å². The van der Waals surface area contributed by atoms with E-state index in [4.69, 9.17) is 32.7 Å². The number of benzene rings is 3. The lowest BCUT2D eigenvalue weighted by molar-refractivity contribution is -0.384. The number of rotatable bonds is 9. The molecule has 3 aromatic carbocycles. The summed E-state index contributed by atoms with van der Waals surface area (Å²) >= 11 is 13.5. The third-order valence-corrected chi connectivity index (χ3v) is 6.85. The molecule has 0 saturated carbocycles. The Hall–Kier alpha value is -3.53. The van der Waals surface area contributed by atoms with Crippen LogP contribution in [0.15, 0.2) is 65.6 Å². The van der Waals surface area contributed by atoms with E-state index >= 15 is 0 Å². The number of imide groups is 1. The molecule has 1 aliphatic heterocycles. The number of nitro groups is 1. The number of halogens is 2. The number of thioether (sulfide) groups is 1. The van der Waals surface area contributed by atoms with Crippen LogP contribution in [0, 0.1) is 10.1 Å². The number of hydrogen-bond acceptors (Lipinski definition) is 7. The maximum absolute atomic E-state index is 13.0. The van der Waals surface area contributed by atoms with Crippen molar-refractivity contribution in [3.8, 4) is 11.5 Å². The number of carbonyl (C=O) groups excluding carboxylic acids is 2. The molecule has 0 bridgehead atoms. The highest BCUT2D eigenvalue weighted by Gasteiger charge is 2.35. The molecule has 2 amide bonds. The fourth-order valence-electron chi connectivity index (χ4n) is 3.58. The number of carbonyl (C=O) groups is 2. The molecular formula is C26H20Cl2N2O6S. The van der Waals surface area contributed by atoms with Gasteiger partial charge in [-0.25, -0.2) is 0 Å². The molecule has 3 aromatic rings. The zero-order chi connectivity index (χ0) is 26.5. The molecule has 1 fully saturated rings. The Morgan fingerprint density at radius 2 is 1.81 bits per heavy atom. The van der Waals surface area contributed by atoms with Gasteiger partial charge in [0.1, 0.15) is 6.61 Å². The van der Waals surface area contributed by atoms with Crippen molar-refractivity contribution in [2.24, 2.45) is 0 Å². The first-order valence-corrected chi connectivity index (χ1v) is 12.6. The predicted octanol–water partition coefficient (Wildman–Crippen LogP) is 7.12. The van der Waals surface area contributed by atoms with Crippen LogP contribution >= 0.6 is 35.0 Å². The van der Waals surface area contributed by atoms with Gasteiger partial charge < -0.3 is 9.47 Å². The maximum Gasteiger partial charge on any atom is 0.293 e. The van der Waals surface area contributed by atoms with Gasteiger partial charge in [0.2, 0.25) is 0 Å². The lowest BCUT2D eigenvalue weighted by Crippen LogP contribution is -2.27. The Balaban J connectivity index is 1.56. The van der Waals surface area contributed by atoms with Gasteiger partial charge in [0.05, 0.1) is 28.0 Å². The van der Waals surface area contributed by atoms with Gasteiger partial charge in [-0.15, -0.1) is 0 Å². The highest BCUT2D eigenvalue weighted by molar-refractivity contribution is 8.18. The van der Waals surface area contributed by atoms with Crippen molar-refractivity contribution in [3.05, 3.63) is 102 Å². The van der Waals surface area contributed by atoms with Gasteiger partial charge in [-0.1, -0.05) is 53.5 Å². The van der Waals surface area contributed by atoms with Crippen molar-refractivity contribution in [1.82, 2.24) is 4.90 Å². The molecule has 0 atom stereocenters. The summed E-state index contributed by atoms with van der Waals surface area (Å²) in [4.78, 5) is 37.3. The molecule has 1 heterocycles. The minimum absolute atomic E-state index is 0.0799. The van der Waals surface area contributed by atoms with Crippen molar-refractivity contribution < 1.29 is 24.0 Å². The van der Waals surface area contributed by atoms with E-state index in [1.807, 2.05) is 25.1 Å². The molecular weight excluding hydrogens is 539 g/mol. The summed E-state index contributed by atoms with van der Waals surface area (Å²) in [5, 5.41) is 11.4. The van der Waals surface area contributed by atoms with Gasteiger partial charge in [-0.05, 0) is 54.1 Å². The molecule has 1 saturated heterocycles. The Labute approximate surface area is 226 Å². The molecule has 0 aromatic heterocycles. The van der Waals surface area contributed by atoms with E-state index in [1.165, 1.54) is 18.2 Å². The van der Waals surface area contributed by atoms with Crippen LogP contribution in [0.5, 0.6) is 11.5 Å². The fraction of sp³-hybridized carbons (Fsp3) is 0.154. The smallest absolute Gasteiger partial charge is 0.293 e. The SMILES string of the molecule is CCOc1cc(/C=C2/SC(=O)N(Cc3cccc([N+](=O)[O-])c3)C2=O)cc(Cl)c1OCc1ccccc1Cl. The Morgan fingerprint density at radius 3 is 2.54 bits per heavy atom. The first-order chi connectivity index (χ1) is 17.8. The van der Waals surface area contributed by atoms with E-state index in [9.17, 15) is 19.7 Å². The summed E-state index contributed by atoms with van der Waals surface area (Å²) in [6.07, 6.45) is 1.55. The molecule has 4 rings (SSSR count).